The van der Waals surface area contributed by atoms with Crippen LogP contribution in [0.3, 0.4) is 0 Å². The SMILES string of the molecule is O=C(COc1ccccc1)NCc1ccc(F)c(Cl)c1. The molecule has 104 valence electrons. The van der Waals surface area contributed by atoms with Crippen LogP contribution in [-0.4, -0.2) is 12.5 Å². The van der Waals surface area contributed by atoms with Gasteiger partial charge in [-0.05, 0) is 29.8 Å². The molecule has 0 aliphatic heterocycles. The number of ether oxygens (including phenoxy) is 1. The Morgan fingerprint density at radius 2 is 1.95 bits per heavy atom. The average molecular weight is 294 g/mol. The molecule has 0 aliphatic carbocycles. The van der Waals surface area contributed by atoms with Crippen molar-refractivity contribution < 1.29 is 13.9 Å². The van der Waals surface area contributed by atoms with Gasteiger partial charge in [-0.2, -0.15) is 0 Å². The molecular weight excluding hydrogens is 281 g/mol. The molecule has 3 nitrogen and oxygen atoms in total. The van der Waals surface area contributed by atoms with E-state index in [-0.39, 0.29) is 24.1 Å². The fourth-order valence-corrected chi connectivity index (χ4v) is 1.77. The summed E-state index contributed by atoms with van der Waals surface area (Å²) in [5.74, 6) is -0.101. The summed E-state index contributed by atoms with van der Waals surface area (Å²) in [7, 11) is 0. The molecular formula is C15H13ClFNO2. The number of hydrogen-bond donors (Lipinski definition) is 1. The summed E-state index contributed by atoms with van der Waals surface area (Å²) in [6.07, 6.45) is 0. The van der Waals surface area contributed by atoms with E-state index in [1.807, 2.05) is 18.2 Å². The van der Waals surface area contributed by atoms with Crippen molar-refractivity contribution in [1.82, 2.24) is 5.32 Å². The number of para-hydroxylation sites is 1. The molecule has 0 aromatic heterocycles. The average Bonchev–Trinajstić information content (AvgIpc) is 2.47. The zero-order valence-corrected chi connectivity index (χ0v) is 11.4. The highest BCUT2D eigenvalue weighted by molar-refractivity contribution is 6.30. The number of rotatable bonds is 5. The van der Waals surface area contributed by atoms with Gasteiger partial charge in [-0.15, -0.1) is 0 Å². The molecule has 0 saturated heterocycles. The third kappa shape index (κ3) is 4.24. The van der Waals surface area contributed by atoms with Crippen LogP contribution in [0.2, 0.25) is 5.02 Å². The lowest BCUT2D eigenvalue weighted by atomic mass is 10.2. The Hall–Kier alpha value is -2.07. The van der Waals surface area contributed by atoms with Gasteiger partial charge in [-0.3, -0.25) is 4.79 Å². The Morgan fingerprint density at radius 3 is 2.65 bits per heavy atom. The standard InChI is InChI=1S/C15H13ClFNO2/c16-13-8-11(6-7-14(13)17)9-18-15(19)10-20-12-4-2-1-3-5-12/h1-8H,9-10H2,(H,18,19). The van der Waals surface area contributed by atoms with E-state index in [1.165, 1.54) is 12.1 Å². The van der Waals surface area contributed by atoms with E-state index in [2.05, 4.69) is 5.32 Å². The van der Waals surface area contributed by atoms with E-state index in [9.17, 15) is 9.18 Å². The van der Waals surface area contributed by atoms with Crippen LogP contribution in [0.15, 0.2) is 48.5 Å². The first-order chi connectivity index (χ1) is 9.65. The van der Waals surface area contributed by atoms with Crippen molar-refractivity contribution in [2.75, 3.05) is 6.61 Å². The van der Waals surface area contributed by atoms with E-state index >= 15 is 0 Å². The lowest BCUT2D eigenvalue weighted by molar-refractivity contribution is -0.123. The predicted molar refractivity (Wildman–Crippen MR) is 75.2 cm³/mol. The Balaban J connectivity index is 1.79. The smallest absolute Gasteiger partial charge is 0.258 e. The third-order valence-electron chi connectivity index (χ3n) is 2.59. The van der Waals surface area contributed by atoms with Crippen LogP contribution in [0, 0.1) is 5.82 Å². The molecule has 0 unspecified atom stereocenters. The molecule has 1 N–H and O–H groups in total. The van der Waals surface area contributed by atoms with Crippen LogP contribution >= 0.6 is 11.6 Å². The van der Waals surface area contributed by atoms with Gasteiger partial charge in [0.15, 0.2) is 6.61 Å². The second kappa shape index (κ2) is 6.91. The highest BCUT2D eigenvalue weighted by Gasteiger charge is 2.04. The number of halogens is 2. The second-order valence-electron chi connectivity index (χ2n) is 4.13. The lowest BCUT2D eigenvalue weighted by Crippen LogP contribution is -2.28. The quantitative estimate of drug-likeness (QED) is 0.919. The van der Waals surface area contributed by atoms with Gasteiger partial charge >= 0.3 is 0 Å². The number of carbonyl (C=O) groups is 1. The summed E-state index contributed by atoms with van der Waals surface area (Å²) in [5.41, 5.74) is 0.726. The summed E-state index contributed by atoms with van der Waals surface area (Å²) in [6.45, 7) is 0.204. The zero-order valence-electron chi connectivity index (χ0n) is 10.6. The van der Waals surface area contributed by atoms with Crippen LogP contribution < -0.4 is 10.1 Å². The summed E-state index contributed by atoms with van der Waals surface area (Å²) >= 11 is 5.66. The van der Waals surface area contributed by atoms with E-state index < -0.39 is 5.82 Å². The molecule has 0 fully saturated rings. The molecule has 2 rings (SSSR count). The maximum absolute atomic E-state index is 13.0. The van der Waals surface area contributed by atoms with Crippen LogP contribution in [0.25, 0.3) is 0 Å². The Kier molecular flexibility index (Phi) is 4.96. The molecule has 1 amide bonds. The van der Waals surface area contributed by atoms with E-state index in [4.69, 9.17) is 16.3 Å². The molecule has 0 saturated carbocycles. The van der Waals surface area contributed by atoms with Gasteiger partial charge in [0, 0.05) is 6.54 Å². The molecule has 0 aliphatic rings. The van der Waals surface area contributed by atoms with Gasteiger partial charge in [-0.1, -0.05) is 35.9 Å². The molecule has 0 radical (unpaired) electrons. The van der Waals surface area contributed by atoms with Crippen molar-refractivity contribution in [3.8, 4) is 5.75 Å². The minimum Gasteiger partial charge on any atom is -0.484 e. The summed E-state index contributed by atoms with van der Waals surface area (Å²) < 4.78 is 18.3. The Bertz CT molecular complexity index is 590. The van der Waals surface area contributed by atoms with Crippen molar-refractivity contribution in [3.05, 3.63) is 64.9 Å². The van der Waals surface area contributed by atoms with Crippen molar-refractivity contribution >= 4 is 17.5 Å². The zero-order chi connectivity index (χ0) is 14.4. The van der Waals surface area contributed by atoms with Crippen LogP contribution in [0.1, 0.15) is 5.56 Å². The van der Waals surface area contributed by atoms with Crippen LogP contribution in [-0.2, 0) is 11.3 Å². The van der Waals surface area contributed by atoms with E-state index in [1.54, 1.807) is 18.2 Å². The topological polar surface area (TPSA) is 38.3 Å². The predicted octanol–water partition coefficient (Wildman–Crippen LogP) is 3.17. The molecule has 0 atom stereocenters. The fourth-order valence-electron chi connectivity index (χ4n) is 1.57. The monoisotopic (exact) mass is 293 g/mol. The molecule has 20 heavy (non-hydrogen) atoms. The number of carbonyl (C=O) groups excluding carboxylic acids is 1. The minimum atomic E-state index is -0.478. The number of amides is 1. The first-order valence-electron chi connectivity index (χ1n) is 6.03. The molecule has 2 aromatic rings. The Morgan fingerprint density at radius 1 is 1.20 bits per heavy atom. The van der Waals surface area contributed by atoms with Crippen LogP contribution in [0.5, 0.6) is 5.75 Å². The maximum Gasteiger partial charge on any atom is 0.258 e. The highest BCUT2D eigenvalue weighted by Crippen LogP contribution is 2.15. The van der Waals surface area contributed by atoms with Gasteiger partial charge in [0.2, 0.25) is 0 Å². The minimum absolute atomic E-state index is 0.0392. The maximum atomic E-state index is 13.0. The fraction of sp³-hybridized carbons (Fsp3) is 0.133. The van der Waals surface area contributed by atoms with Gasteiger partial charge < -0.3 is 10.1 Å². The lowest BCUT2D eigenvalue weighted by Gasteiger charge is -2.08. The van der Waals surface area contributed by atoms with Gasteiger partial charge in [0.05, 0.1) is 5.02 Å². The molecule has 0 spiro atoms. The van der Waals surface area contributed by atoms with E-state index in [0.29, 0.717) is 5.75 Å². The summed E-state index contributed by atoms with van der Waals surface area (Å²) in [5, 5.41) is 2.71. The molecule has 0 bridgehead atoms. The van der Waals surface area contributed by atoms with E-state index in [0.717, 1.165) is 5.56 Å². The highest BCUT2D eigenvalue weighted by atomic mass is 35.5. The second-order valence-corrected chi connectivity index (χ2v) is 4.53. The van der Waals surface area contributed by atoms with Crippen molar-refractivity contribution in [1.29, 1.82) is 0 Å². The summed E-state index contributed by atoms with van der Waals surface area (Å²) in [6, 6.07) is 13.4. The first-order valence-corrected chi connectivity index (χ1v) is 6.41. The van der Waals surface area contributed by atoms with Crippen molar-refractivity contribution in [3.63, 3.8) is 0 Å². The van der Waals surface area contributed by atoms with Crippen molar-refractivity contribution in [2.45, 2.75) is 6.54 Å². The molecule has 2 aromatic carbocycles. The molecule has 5 heteroatoms. The van der Waals surface area contributed by atoms with Gasteiger partial charge in [0.25, 0.3) is 5.91 Å². The van der Waals surface area contributed by atoms with Gasteiger partial charge in [0.1, 0.15) is 11.6 Å². The Labute approximate surface area is 121 Å². The molecule has 0 heterocycles. The van der Waals surface area contributed by atoms with Crippen molar-refractivity contribution in [2.24, 2.45) is 0 Å². The number of benzene rings is 2. The largest absolute Gasteiger partial charge is 0.484 e. The first kappa shape index (κ1) is 14.3. The normalized spacial score (nSPS) is 10.1. The van der Waals surface area contributed by atoms with Crippen LogP contribution in [0.4, 0.5) is 4.39 Å². The number of hydrogen-bond acceptors (Lipinski definition) is 2. The number of nitrogens with one attached hydrogen (secondary N) is 1. The van der Waals surface area contributed by atoms with Gasteiger partial charge in [-0.25, -0.2) is 4.39 Å². The summed E-state index contributed by atoms with van der Waals surface area (Å²) in [4.78, 5) is 11.6. The third-order valence-corrected chi connectivity index (χ3v) is 2.88.